The van der Waals surface area contributed by atoms with Crippen molar-refractivity contribution < 1.29 is 36.6 Å². The normalized spacial score (nSPS) is 15.4. The van der Waals surface area contributed by atoms with Crippen molar-refractivity contribution in [3.63, 3.8) is 0 Å². The van der Waals surface area contributed by atoms with E-state index in [0.717, 1.165) is 0 Å². The van der Waals surface area contributed by atoms with E-state index in [2.05, 4.69) is 15.3 Å². The van der Waals surface area contributed by atoms with Crippen molar-refractivity contribution in [2.24, 2.45) is 5.11 Å². The lowest BCUT2D eigenvalue weighted by atomic mass is 10.0. The number of hydrogen-bond donors (Lipinski definition) is 2. The van der Waals surface area contributed by atoms with E-state index in [9.17, 15) is 27.6 Å². The van der Waals surface area contributed by atoms with Gasteiger partial charge >= 0.3 is 5.63 Å². The number of imide groups is 1. The molecule has 0 saturated carbocycles. The monoisotopic (exact) mass is 583 g/mol. The van der Waals surface area contributed by atoms with Crippen molar-refractivity contribution in [3.05, 3.63) is 50.2 Å². The van der Waals surface area contributed by atoms with Gasteiger partial charge in [0.2, 0.25) is 5.91 Å². The Bertz CT molecular complexity index is 1520. The lowest BCUT2D eigenvalue weighted by Gasteiger charge is -2.15. The van der Waals surface area contributed by atoms with Crippen molar-refractivity contribution in [1.29, 1.82) is 0 Å². The molecule has 2 N–H and O–H groups in total. The molecule has 0 radical (unpaired) electrons. The fourth-order valence-electron chi connectivity index (χ4n) is 3.50. The maximum Gasteiger partial charge on any atom is 0.340 e. The number of benzene rings is 1. The summed E-state index contributed by atoms with van der Waals surface area (Å²) in [6, 6.07) is 4.66. The Hall–Kier alpha value is -3.50. The van der Waals surface area contributed by atoms with Gasteiger partial charge in [-0.3, -0.25) is 18.9 Å². The first-order valence-corrected chi connectivity index (χ1v) is 14.0. The van der Waals surface area contributed by atoms with Crippen LogP contribution in [-0.2, 0) is 35.8 Å². The number of nitrogens with zero attached hydrogens (tertiary/aromatic N) is 4. The topological polar surface area (TPSA) is 209 Å². The minimum absolute atomic E-state index is 0.121. The number of carbonyl (C=O) groups is 3. The van der Waals surface area contributed by atoms with Crippen LogP contribution in [0.2, 0.25) is 0 Å². The van der Waals surface area contributed by atoms with Gasteiger partial charge in [-0.25, -0.2) is 4.79 Å². The third-order valence-electron chi connectivity index (χ3n) is 5.40. The number of thioether (sulfide) groups is 1. The summed E-state index contributed by atoms with van der Waals surface area (Å²) in [5.41, 5.74) is 9.22. The molecular formula is C21H21N5O9S3. The van der Waals surface area contributed by atoms with E-state index in [1.165, 1.54) is 17.8 Å². The second kappa shape index (κ2) is 12.4. The van der Waals surface area contributed by atoms with Crippen LogP contribution in [0.5, 0.6) is 0 Å². The van der Waals surface area contributed by atoms with Crippen LogP contribution in [0.3, 0.4) is 0 Å². The molecule has 0 aliphatic carbocycles. The Morgan fingerprint density at radius 1 is 1.37 bits per heavy atom. The van der Waals surface area contributed by atoms with Crippen LogP contribution < -0.4 is 10.9 Å². The number of hydrogen-bond acceptors (Lipinski definition) is 11. The Labute approximate surface area is 225 Å². The first kappa shape index (κ1) is 29.1. The molecule has 1 saturated heterocycles. The zero-order valence-corrected chi connectivity index (χ0v) is 22.2. The van der Waals surface area contributed by atoms with Gasteiger partial charge in [0, 0.05) is 40.5 Å². The minimum Gasteiger partial charge on any atom is -0.422 e. The highest BCUT2D eigenvalue weighted by Gasteiger charge is 2.48. The van der Waals surface area contributed by atoms with Crippen LogP contribution in [0.4, 0.5) is 5.69 Å². The SMILES string of the molecule is Cc1c(CC(=O)NCCSCCC(=S)ON2C(=O)CC(S(=O)(=O)O)C2=O)c(=O)oc2cc(N=[N+]=[N-])ccc12. The fraction of sp³-hybridized carbons (Fsp3) is 0.381. The summed E-state index contributed by atoms with van der Waals surface area (Å²) >= 11 is 6.36. The third kappa shape index (κ3) is 7.08. The Morgan fingerprint density at radius 3 is 2.76 bits per heavy atom. The summed E-state index contributed by atoms with van der Waals surface area (Å²) < 4.78 is 36.6. The Balaban J connectivity index is 1.42. The smallest absolute Gasteiger partial charge is 0.340 e. The number of fused-ring (bicyclic) bond motifs is 1. The van der Waals surface area contributed by atoms with Crippen LogP contribution in [0.25, 0.3) is 21.4 Å². The summed E-state index contributed by atoms with van der Waals surface area (Å²) in [5, 5.41) is 5.01. The maximum atomic E-state index is 12.4. The number of azide groups is 1. The highest BCUT2D eigenvalue weighted by atomic mass is 32.2. The second-order valence-electron chi connectivity index (χ2n) is 7.95. The summed E-state index contributed by atoms with van der Waals surface area (Å²) in [6.07, 6.45) is -0.763. The highest BCUT2D eigenvalue weighted by molar-refractivity contribution is 7.99. The van der Waals surface area contributed by atoms with E-state index in [1.54, 1.807) is 19.1 Å². The molecule has 1 aliphatic heterocycles. The molecule has 1 aliphatic rings. The standard InChI is InChI=1S/C21H21N5O9S3/c1-11-13-3-2-12(24-25-22)8-15(13)34-21(30)14(11)9-17(27)23-5-7-37-6-4-19(36)35-26-18(28)10-16(20(26)29)38(31,32)33/h2-3,8,16H,4-7,9-10H2,1H3,(H,23,27)(H,31,32,33). The molecule has 0 spiro atoms. The van der Waals surface area contributed by atoms with E-state index >= 15 is 0 Å². The van der Waals surface area contributed by atoms with Crippen LogP contribution in [0, 0.1) is 6.92 Å². The van der Waals surface area contributed by atoms with Gasteiger partial charge in [-0.1, -0.05) is 17.2 Å². The summed E-state index contributed by atoms with van der Waals surface area (Å²) in [6.45, 7) is 1.98. The largest absolute Gasteiger partial charge is 0.422 e. The number of thiocarbonyl (C=S) groups is 1. The zero-order chi connectivity index (χ0) is 28.0. The van der Waals surface area contributed by atoms with E-state index in [0.29, 0.717) is 28.1 Å². The molecule has 3 amide bonds. The number of carbonyl (C=O) groups excluding carboxylic acids is 3. The fourth-order valence-corrected chi connectivity index (χ4v) is 5.29. The molecular weight excluding hydrogens is 562 g/mol. The average molecular weight is 584 g/mol. The van der Waals surface area contributed by atoms with Crippen molar-refractivity contribution in [2.45, 2.75) is 31.4 Å². The summed E-state index contributed by atoms with van der Waals surface area (Å²) in [5.74, 6) is -1.62. The van der Waals surface area contributed by atoms with Crippen LogP contribution in [0.1, 0.15) is 24.0 Å². The first-order valence-electron chi connectivity index (χ1n) is 10.9. The van der Waals surface area contributed by atoms with Gasteiger partial charge in [-0.15, -0.1) is 5.06 Å². The lowest BCUT2D eigenvalue weighted by molar-refractivity contribution is -0.166. The molecule has 38 heavy (non-hydrogen) atoms. The number of aryl methyl sites for hydroxylation is 1. The Kier molecular flexibility index (Phi) is 9.45. The summed E-state index contributed by atoms with van der Waals surface area (Å²) in [7, 11) is -4.74. The number of rotatable bonds is 11. The zero-order valence-electron chi connectivity index (χ0n) is 19.8. The van der Waals surface area contributed by atoms with Gasteiger partial charge in [-0.2, -0.15) is 20.2 Å². The highest BCUT2D eigenvalue weighted by Crippen LogP contribution is 2.25. The van der Waals surface area contributed by atoms with Crippen molar-refractivity contribution >= 4 is 73.5 Å². The van der Waals surface area contributed by atoms with Crippen molar-refractivity contribution in [3.8, 4) is 0 Å². The minimum atomic E-state index is -4.74. The van der Waals surface area contributed by atoms with E-state index in [1.807, 2.05) is 0 Å². The van der Waals surface area contributed by atoms with Crippen LogP contribution >= 0.6 is 24.0 Å². The van der Waals surface area contributed by atoms with Gasteiger partial charge in [-0.05, 0) is 36.3 Å². The molecule has 1 unspecified atom stereocenters. The van der Waals surface area contributed by atoms with Gasteiger partial charge < -0.3 is 14.6 Å². The predicted octanol–water partition coefficient (Wildman–Crippen LogP) is 2.10. The van der Waals surface area contributed by atoms with Gasteiger partial charge in [0.1, 0.15) is 5.58 Å². The molecule has 2 heterocycles. The predicted molar refractivity (Wildman–Crippen MR) is 140 cm³/mol. The van der Waals surface area contributed by atoms with Gasteiger partial charge in [0.05, 0.1) is 18.4 Å². The lowest BCUT2D eigenvalue weighted by Crippen LogP contribution is -2.36. The number of amides is 3. The molecule has 17 heteroatoms. The average Bonchev–Trinajstić information content (AvgIpc) is 3.12. The maximum absolute atomic E-state index is 12.4. The molecule has 1 aromatic carbocycles. The first-order chi connectivity index (χ1) is 17.9. The third-order valence-corrected chi connectivity index (χ3v) is 7.75. The second-order valence-corrected chi connectivity index (χ2v) is 11.2. The quantitative estimate of drug-likeness (QED) is 0.0572. The molecule has 1 aromatic heterocycles. The molecule has 1 atom stereocenters. The number of nitrogens with one attached hydrogen (secondary N) is 1. The molecule has 1 fully saturated rings. The van der Waals surface area contributed by atoms with Crippen molar-refractivity contribution in [1.82, 2.24) is 10.4 Å². The molecule has 3 rings (SSSR count). The van der Waals surface area contributed by atoms with Gasteiger partial charge in [0.25, 0.3) is 21.9 Å². The molecule has 2 aromatic rings. The van der Waals surface area contributed by atoms with E-state index in [4.69, 9.17) is 31.6 Å². The van der Waals surface area contributed by atoms with Crippen LogP contribution in [0.15, 0.2) is 32.5 Å². The van der Waals surface area contributed by atoms with Crippen molar-refractivity contribution in [2.75, 3.05) is 18.1 Å². The van der Waals surface area contributed by atoms with E-state index in [-0.39, 0.29) is 46.6 Å². The van der Waals surface area contributed by atoms with Gasteiger partial charge in [0.15, 0.2) is 10.3 Å². The molecule has 202 valence electrons. The summed E-state index contributed by atoms with van der Waals surface area (Å²) in [4.78, 5) is 56.2. The Morgan fingerprint density at radius 2 is 2.11 bits per heavy atom. The molecule has 0 bridgehead atoms. The molecule has 14 nitrogen and oxygen atoms in total. The number of hydroxylamine groups is 2. The van der Waals surface area contributed by atoms with Crippen LogP contribution in [-0.4, -0.2) is 64.1 Å². The van der Waals surface area contributed by atoms with E-state index < -0.39 is 39.2 Å².